The zero-order valence-corrected chi connectivity index (χ0v) is 19.6. The highest BCUT2D eigenvalue weighted by molar-refractivity contribution is 6.36. The van der Waals surface area contributed by atoms with Crippen LogP contribution in [0.5, 0.6) is 5.75 Å². The van der Waals surface area contributed by atoms with E-state index in [1.54, 1.807) is 24.5 Å². The molecule has 0 spiro atoms. The smallest absolute Gasteiger partial charge is 0.244 e. The van der Waals surface area contributed by atoms with Crippen LogP contribution in [0.3, 0.4) is 0 Å². The van der Waals surface area contributed by atoms with Gasteiger partial charge in [-0.05, 0) is 51.7 Å². The number of hydrogen-bond donors (Lipinski definition) is 1. The van der Waals surface area contributed by atoms with Crippen LogP contribution in [0, 0.1) is 0 Å². The molecule has 0 aliphatic carbocycles. The molecule has 1 aromatic heterocycles. The van der Waals surface area contributed by atoms with Crippen molar-refractivity contribution in [2.75, 3.05) is 33.8 Å². The number of fused-ring (bicyclic) bond motifs is 1. The van der Waals surface area contributed by atoms with Crippen molar-refractivity contribution in [2.24, 2.45) is 0 Å². The Balaban J connectivity index is 2.02. The van der Waals surface area contributed by atoms with Crippen LogP contribution in [0.25, 0.3) is 27.7 Å². The number of nitrogens with one attached hydrogen (secondary N) is 1. The van der Waals surface area contributed by atoms with Gasteiger partial charge in [0.25, 0.3) is 0 Å². The highest BCUT2D eigenvalue weighted by Gasteiger charge is 2.17. The van der Waals surface area contributed by atoms with Gasteiger partial charge in [-0.2, -0.15) is 0 Å². The molecule has 0 aliphatic rings. The summed E-state index contributed by atoms with van der Waals surface area (Å²) in [4.78, 5) is 14.4. The Kier molecular flexibility index (Phi) is 7.65. The van der Waals surface area contributed by atoms with Crippen molar-refractivity contribution < 1.29 is 13.9 Å². The third-order valence-electron chi connectivity index (χ3n) is 4.83. The predicted molar refractivity (Wildman–Crippen MR) is 128 cm³/mol. The second-order valence-electron chi connectivity index (χ2n) is 7.47. The number of amides is 1. The molecule has 1 N–H and O–H groups in total. The lowest BCUT2D eigenvalue weighted by atomic mass is 9.99. The van der Waals surface area contributed by atoms with Crippen LogP contribution in [0.15, 0.2) is 47.1 Å². The van der Waals surface area contributed by atoms with Crippen molar-refractivity contribution >= 4 is 45.7 Å². The minimum absolute atomic E-state index is 0.143. The molecule has 0 fully saturated rings. The van der Waals surface area contributed by atoms with Crippen molar-refractivity contribution in [1.29, 1.82) is 0 Å². The van der Waals surface area contributed by atoms with Crippen LogP contribution in [0.4, 0.5) is 0 Å². The number of carbonyl (C=O) groups is 1. The minimum atomic E-state index is -0.143. The van der Waals surface area contributed by atoms with Crippen molar-refractivity contribution in [3.8, 4) is 16.9 Å². The van der Waals surface area contributed by atoms with E-state index in [2.05, 4.69) is 5.32 Å². The molecular formula is C24H26Cl2N2O3. The topological polar surface area (TPSA) is 54.7 Å². The number of nitrogens with zero attached hydrogens (tertiary/aromatic N) is 1. The van der Waals surface area contributed by atoms with E-state index in [0.29, 0.717) is 34.5 Å². The standard InChI is InChI=1S/C24H26Cl2N2O3/c1-5-30-22-13-23-19(20(14-31-23)17-7-6-16(25)11-21(17)26)12-18(22)15(2)10-24(29)27-8-9-28(3)4/h6-7,10-14H,5,8-9H2,1-4H3,(H,27,29)/b15-10+. The molecule has 3 aromatic rings. The lowest BCUT2D eigenvalue weighted by Crippen LogP contribution is -2.30. The average molecular weight is 461 g/mol. The number of rotatable bonds is 8. The first-order chi connectivity index (χ1) is 14.8. The van der Waals surface area contributed by atoms with Crippen molar-refractivity contribution in [3.63, 3.8) is 0 Å². The minimum Gasteiger partial charge on any atom is -0.493 e. The molecule has 0 unspecified atom stereocenters. The summed E-state index contributed by atoms with van der Waals surface area (Å²) < 4.78 is 11.6. The summed E-state index contributed by atoms with van der Waals surface area (Å²) in [7, 11) is 3.93. The van der Waals surface area contributed by atoms with Gasteiger partial charge in [0.05, 0.1) is 17.9 Å². The van der Waals surface area contributed by atoms with Crippen molar-refractivity contribution in [2.45, 2.75) is 13.8 Å². The van der Waals surface area contributed by atoms with Gasteiger partial charge < -0.3 is 19.4 Å². The van der Waals surface area contributed by atoms with E-state index in [-0.39, 0.29) is 5.91 Å². The maximum Gasteiger partial charge on any atom is 0.244 e. The maximum absolute atomic E-state index is 12.4. The molecule has 0 saturated heterocycles. The molecule has 0 aliphatic heterocycles. The van der Waals surface area contributed by atoms with Crippen molar-refractivity contribution in [1.82, 2.24) is 10.2 Å². The van der Waals surface area contributed by atoms with E-state index in [9.17, 15) is 4.79 Å². The highest BCUT2D eigenvalue weighted by Crippen LogP contribution is 2.40. The van der Waals surface area contributed by atoms with Gasteiger partial charge in [-0.3, -0.25) is 4.79 Å². The fraction of sp³-hybridized carbons (Fsp3) is 0.292. The average Bonchev–Trinajstić information content (AvgIpc) is 3.10. The van der Waals surface area contributed by atoms with Crippen LogP contribution < -0.4 is 10.1 Å². The van der Waals surface area contributed by atoms with Gasteiger partial charge in [0.15, 0.2) is 0 Å². The number of ether oxygens (including phenoxy) is 1. The first kappa shape index (κ1) is 23.2. The van der Waals surface area contributed by atoms with E-state index in [4.69, 9.17) is 32.4 Å². The zero-order valence-electron chi connectivity index (χ0n) is 18.1. The second-order valence-corrected chi connectivity index (χ2v) is 8.32. The lowest BCUT2D eigenvalue weighted by molar-refractivity contribution is -0.116. The SMILES string of the molecule is CCOc1cc2occ(-c3ccc(Cl)cc3Cl)c2cc1/C(C)=C/C(=O)NCCN(C)C. The summed E-state index contributed by atoms with van der Waals surface area (Å²) in [5.74, 6) is 0.517. The number of furan rings is 1. The molecule has 0 bridgehead atoms. The first-order valence-corrected chi connectivity index (χ1v) is 10.8. The van der Waals surface area contributed by atoms with Gasteiger partial charge >= 0.3 is 0 Å². The number of allylic oxidation sites excluding steroid dienone is 1. The normalized spacial score (nSPS) is 11.9. The number of hydrogen-bond acceptors (Lipinski definition) is 4. The Morgan fingerprint density at radius 1 is 1.19 bits per heavy atom. The molecule has 164 valence electrons. The Morgan fingerprint density at radius 3 is 2.65 bits per heavy atom. The quantitative estimate of drug-likeness (QED) is 0.426. The summed E-state index contributed by atoms with van der Waals surface area (Å²) >= 11 is 12.5. The summed E-state index contributed by atoms with van der Waals surface area (Å²) in [6.07, 6.45) is 3.26. The number of halogens is 2. The fourth-order valence-electron chi connectivity index (χ4n) is 3.28. The molecular weight excluding hydrogens is 435 g/mol. The Morgan fingerprint density at radius 2 is 1.97 bits per heavy atom. The predicted octanol–water partition coefficient (Wildman–Crippen LogP) is 5.89. The summed E-state index contributed by atoms with van der Waals surface area (Å²) in [5.41, 5.74) is 3.97. The van der Waals surface area contributed by atoms with Gasteiger partial charge in [0.1, 0.15) is 11.3 Å². The Bertz CT molecular complexity index is 1120. The van der Waals surface area contributed by atoms with E-state index in [0.717, 1.165) is 34.2 Å². The third kappa shape index (κ3) is 5.62. The van der Waals surface area contributed by atoms with E-state index < -0.39 is 0 Å². The monoisotopic (exact) mass is 460 g/mol. The van der Waals surface area contributed by atoms with Crippen LogP contribution in [-0.4, -0.2) is 44.6 Å². The fourth-order valence-corrected chi connectivity index (χ4v) is 3.79. The molecule has 5 nitrogen and oxygen atoms in total. The summed E-state index contributed by atoms with van der Waals surface area (Å²) in [6.45, 7) is 5.66. The van der Waals surface area contributed by atoms with Crippen LogP contribution in [0.1, 0.15) is 19.4 Å². The largest absolute Gasteiger partial charge is 0.493 e. The maximum atomic E-state index is 12.4. The van der Waals surface area contributed by atoms with Gasteiger partial charge in [0.2, 0.25) is 5.91 Å². The lowest BCUT2D eigenvalue weighted by Gasteiger charge is -2.12. The van der Waals surface area contributed by atoms with Gasteiger partial charge in [0, 0.05) is 52.3 Å². The summed E-state index contributed by atoms with van der Waals surface area (Å²) in [5, 5.41) is 4.89. The molecule has 31 heavy (non-hydrogen) atoms. The van der Waals surface area contributed by atoms with Crippen LogP contribution in [-0.2, 0) is 4.79 Å². The molecule has 7 heteroatoms. The molecule has 3 rings (SSSR count). The number of benzene rings is 2. The zero-order chi connectivity index (χ0) is 22.5. The molecule has 1 amide bonds. The van der Waals surface area contributed by atoms with E-state index in [1.807, 2.05) is 51.0 Å². The summed E-state index contributed by atoms with van der Waals surface area (Å²) in [6, 6.07) is 9.19. The van der Waals surface area contributed by atoms with E-state index >= 15 is 0 Å². The number of likely N-dealkylation sites (N-methyl/N-ethyl adjacent to an activating group) is 1. The molecule has 0 atom stereocenters. The first-order valence-electron chi connectivity index (χ1n) is 10.0. The van der Waals surface area contributed by atoms with Crippen LogP contribution in [0.2, 0.25) is 10.0 Å². The molecule has 1 heterocycles. The van der Waals surface area contributed by atoms with E-state index in [1.165, 1.54) is 0 Å². The third-order valence-corrected chi connectivity index (χ3v) is 5.38. The van der Waals surface area contributed by atoms with Gasteiger partial charge in [-0.15, -0.1) is 0 Å². The number of carbonyl (C=O) groups excluding carboxylic acids is 1. The Hall–Kier alpha value is -2.47. The second kappa shape index (κ2) is 10.2. The molecule has 0 saturated carbocycles. The highest BCUT2D eigenvalue weighted by atomic mass is 35.5. The van der Waals surface area contributed by atoms with Gasteiger partial charge in [-0.25, -0.2) is 0 Å². The van der Waals surface area contributed by atoms with Crippen molar-refractivity contribution in [3.05, 3.63) is 58.3 Å². The van der Waals surface area contributed by atoms with Gasteiger partial charge in [-0.1, -0.05) is 29.3 Å². The molecule has 0 radical (unpaired) electrons. The van der Waals surface area contributed by atoms with Crippen LogP contribution >= 0.6 is 23.2 Å². The molecule has 2 aromatic carbocycles. The Labute approximate surface area is 192 Å².